The molecule has 1 fully saturated rings. The van der Waals surface area contributed by atoms with Crippen molar-refractivity contribution < 1.29 is 9.50 Å². The highest BCUT2D eigenvalue weighted by molar-refractivity contribution is 8.13. The number of nitrogens with zero attached hydrogens (tertiary/aromatic N) is 3. The smallest absolute Gasteiger partial charge is 0.154 e. The number of hydrogen-bond acceptors (Lipinski definition) is 6. The van der Waals surface area contributed by atoms with E-state index in [9.17, 15) is 9.50 Å². The van der Waals surface area contributed by atoms with Crippen LogP contribution in [0.2, 0.25) is 0 Å². The fraction of sp³-hybridized carbons (Fsp3) is 0.353. The van der Waals surface area contributed by atoms with Crippen molar-refractivity contribution in [1.82, 2.24) is 9.97 Å². The van der Waals surface area contributed by atoms with Gasteiger partial charge >= 0.3 is 0 Å². The number of amidine groups is 1. The van der Waals surface area contributed by atoms with Gasteiger partial charge in [0.1, 0.15) is 12.1 Å². The summed E-state index contributed by atoms with van der Waals surface area (Å²) >= 11 is 1.52. The molecule has 0 amide bonds. The summed E-state index contributed by atoms with van der Waals surface area (Å²) in [5, 5.41) is 10.7. The van der Waals surface area contributed by atoms with Gasteiger partial charge in [-0.15, -0.1) is 0 Å². The number of benzene rings is 1. The average Bonchev–Trinajstić information content (AvgIpc) is 2.92. The van der Waals surface area contributed by atoms with Crippen LogP contribution in [0.3, 0.4) is 0 Å². The van der Waals surface area contributed by atoms with Gasteiger partial charge in [0.05, 0.1) is 11.6 Å². The van der Waals surface area contributed by atoms with Crippen molar-refractivity contribution in [1.29, 1.82) is 0 Å². The van der Waals surface area contributed by atoms with Crippen molar-refractivity contribution >= 4 is 16.9 Å². The molecule has 0 radical (unpaired) electrons. The first-order valence-corrected chi connectivity index (χ1v) is 8.78. The fourth-order valence-corrected chi connectivity index (χ4v) is 4.77. The number of hydrogen-bond donors (Lipinski definition) is 2. The van der Waals surface area contributed by atoms with Crippen LogP contribution in [0, 0.1) is 11.7 Å². The van der Waals surface area contributed by atoms with E-state index >= 15 is 0 Å². The number of fused-ring (bicyclic) bond motifs is 1. The van der Waals surface area contributed by atoms with Crippen molar-refractivity contribution in [2.45, 2.75) is 24.5 Å². The Balaban J connectivity index is 1.86. The van der Waals surface area contributed by atoms with Crippen molar-refractivity contribution in [2.75, 3.05) is 5.75 Å². The summed E-state index contributed by atoms with van der Waals surface area (Å²) in [5.41, 5.74) is 7.34. The number of nitrogens with two attached hydrogens (primary N) is 1. The summed E-state index contributed by atoms with van der Waals surface area (Å²) in [6.45, 7) is 0. The molecule has 7 heteroatoms. The number of halogens is 1. The topological polar surface area (TPSA) is 84.4 Å². The second kappa shape index (κ2) is 5.82. The summed E-state index contributed by atoms with van der Waals surface area (Å²) in [5.74, 6) is 0.672. The van der Waals surface area contributed by atoms with E-state index < -0.39 is 11.6 Å². The maximum Gasteiger partial charge on any atom is 0.154 e. The number of rotatable bonds is 2. The van der Waals surface area contributed by atoms with Gasteiger partial charge in [-0.1, -0.05) is 17.8 Å². The molecule has 3 atom stereocenters. The van der Waals surface area contributed by atoms with E-state index in [0.717, 1.165) is 11.3 Å². The van der Waals surface area contributed by atoms with E-state index in [2.05, 4.69) is 9.97 Å². The van der Waals surface area contributed by atoms with E-state index in [0.29, 0.717) is 29.1 Å². The maximum atomic E-state index is 14.3. The van der Waals surface area contributed by atoms with E-state index in [1.807, 2.05) is 0 Å². The standard InChI is InChI=1S/C17H17FN4OS/c18-15-2-1-11(4-14(15)10-6-20-9-21-7-10)17-5-13(23)3-12(17)8-24-16(19)22-17/h1-2,4,6-7,9,12-13,23H,3,5,8H2,(H2,19,22). The molecule has 5 nitrogen and oxygen atoms in total. The number of aliphatic imine (C=N–C) groups is 1. The highest BCUT2D eigenvalue weighted by atomic mass is 32.2. The van der Waals surface area contributed by atoms with Gasteiger partial charge in [-0.05, 0) is 24.1 Å². The van der Waals surface area contributed by atoms with E-state index in [1.54, 1.807) is 24.5 Å². The quantitative estimate of drug-likeness (QED) is 0.873. The Kier molecular flexibility index (Phi) is 3.77. The zero-order valence-corrected chi connectivity index (χ0v) is 13.7. The predicted molar refractivity (Wildman–Crippen MR) is 91.9 cm³/mol. The molecular weight excluding hydrogens is 327 g/mol. The zero-order chi connectivity index (χ0) is 16.7. The first-order valence-electron chi connectivity index (χ1n) is 7.80. The highest BCUT2D eigenvalue weighted by Crippen LogP contribution is 2.51. The third kappa shape index (κ3) is 2.48. The van der Waals surface area contributed by atoms with Gasteiger partial charge in [0, 0.05) is 41.6 Å². The van der Waals surface area contributed by atoms with Gasteiger partial charge in [0.25, 0.3) is 0 Å². The number of thioether (sulfide) groups is 1. The third-order valence-electron chi connectivity index (χ3n) is 4.86. The number of aliphatic hydroxyl groups excluding tert-OH is 1. The van der Waals surface area contributed by atoms with Crippen LogP contribution in [-0.4, -0.2) is 32.1 Å². The van der Waals surface area contributed by atoms with E-state index in [-0.39, 0.29) is 11.7 Å². The van der Waals surface area contributed by atoms with Crippen LogP contribution in [0.15, 0.2) is 41.9 Å². The summed E-state index contributed by atoms with van der Waals surface area (Å²) < 4.78 is 14.3. The van der Waals surface area contributed by atoms with Crippen LogP contribution in [-0.2, 0) is 5.54 Å². The van der Waals surface area contributed by atoms with Gasteiger partial charge in [-0.3, -0.25) is 4.99 Å². The predicted octanol–water partition coefficient (Wildman–Crippen LogP) is 2.31. The maximum absolute atomic E-state index is 14.3. The van der Waals surface area contributed by atoms with Crippen LogP contribution in [0.25, 0.3) is 11.1 Å². The molecule has 0 spiro atoms. The molecule has 0 bridgehead atoms. The second-order valence-corrected chi connectivity index (χ2v) is 7.34. The van der Waals surface area contributed by atoms with Crippen LogP contribution in [0.4, 0.5) is 4.39 Å². The fourth-order valence-electron chi connectivity index (χ4n) is 3.76. The Morgan fingerprint density at radius 1 is 1.29 bits per heavy atom. The Morgan fingerprint density at radius 3 is 2.88 bits per heavy atom. The molecule has 0 saturated heterocycles. The molecule has 1 aliphatic carbocycles. The number of aromatic nitrogens is 2. The molecule has 2 heterocycles. The molecule has 3 N–H and O–H groups in total. The molecule has 124 valence electrons. The largest absolute Gasteiger partial charge is 0.393 e. The van der Waals surface area contributed by atoms with Crippen molar-refractivity contribution in [3.05, 3.63) is 48.3 Å². The Bertz CT molecular complexity index is 800. The summed E-state index contributed by atoms with van der Waals surface area (Å²) in [4.78, 5) is 12.6. The minimum atomic E-state index is -0.577. The Labute approximate surface area is 143 Å². The van der Waals surface area contributed by atoms with Gasteiger partial charge in [-0.25, -0.2) is 14.4 Å². The molecule has 24 heavy (non-hydrogen) atoms. The minimum Gasteiger partial charge on any atom is -0.393 e. The molecule has 1 saturated carbocycles. The lowest BCUT2D eigenvalue weighted by Gasteiger charge is -2.35. The summed E-state index contributed by atoms with van der Waals surface area (Å²) in [6.07, 6.45) is 5.36. The van der Waals surface area contributed by atoms with Crippen LogP contribution >= 0.6 is 11.8 Å². The van der Waals surface area contributed by atoms with Crippen LogP contribution < -0.4 is 5.73 Å². The lowest BCUT2D eigenvalue weighted by Crippen LogP contribution is -2.36. The van der Waals surface area contributed by atoms with E-state index in [4.69, 9.17) is 10.7 Å². The minimum absolute atomic E-state index is 0.190. The van der Waals surface area contributed by atoms with Crippen LogP contribution in [0.1, 0.15) is 18.4 Å². The molecular formula is C17H17FN4OS. The lowest BCUT2D eigenvalue weighted by molar-refractivity contribution is 0.173. The van der Waals surface area contributed by atoms with Crippen LogP contribution in [0.5, 0.6) is 0 Å². The van der Waals surface area contributed by atoms with Crippen molar-refractivity contribution in [3.8, 4) is 11.1 Å². The van der Waals surface area contributed by atoms with E-state index in [1.165, 1.54) is 24.2 Å². The molecule has 2 aromatic rings. The first-order chi connectivity index (χ1) is 11.6. The highest BCUT2D eigenvalue weighted by Gasteiger charge is 2.50. The summed E-state index contributed by atoms with van der Waals surface area (Å²) in [7, 11) is 0. The SMILES string of the molecule is NC1=NC2(c3ccc(F)c(-c4cncnc4)c3)CC(O)CC2CS1. The van der Waals surface area contributed by atoms with Gasteiger partial charge in [-0.2, -0.15) is 0 Å². The van der Waals surface area contributed by atoms with Crippen molar-refractivity contribution in [3.63, 3.8) is 0 Å². The molecule has 1 aromatic heterocycles. The first kappa shape index (κ1) is 15.5. The Morgan fingerprint density at radius 2 is 2.08 bits per heavy atom. The van der Waals surface area contributed by atoms with Gasteiger partial charge < -0.3 is 10.8 Å². The lowest BCUT2D eigenvalue weighted by atomic mass is 9.80. The monoisotopic (exact) mass is 344 g/mol. The molecule has 1 aromatic carbocycles. The second-order valence-electron chi connectivity index (χ2n) is 6.30. The zero-order valence-electron chi connectivity index (χ0n) is 12.9. The average molecular weight is 344 g/mol. The van der Waals surface area contributed by atoms with Crippen molar-refractivity contribution in [2.24, 2.45) is 16.6 Å². The molecule has 4 rings (SSSR count). The molecule has 1 aliphatic heterocycles. The third-order valence-corrected chi connectivity index (χ3v) is 5.81. The molecule has 3 unspecified atom stereocenters. The Hall–Kier alpha value is -1.99. The molecule has 2 aliphatic rings. The van der Waals surface area contributed by atoms with Gasteiger partial charge in [0.15, 0.2) is 5.17 Å². The normalized spacial score (nSPS) is 29.2. The number of aliphatic hydroxyl groups is 1. The summed E-state index contributed by atoms with van der Waals surface area (Å²) in [6, 6.07) is 4.99. The van der Waals surface area contributed by atoms with Gasteiger partial charge in [0.2, 0.25) is 0 Å².